The Balaban J connectivity index is 0.00000300. The quantitative estimate of drug-likeness (QED) is 0.336. The molecule has 162 valence electrons. The summed E-state index contributed by atoms with van der Waals surface area (Å²) in [6.07, 6.45) is 9.12. The van der Waals surface area contributed by atoms with E-state index in [-0.39, 0.29) is 24.0 Å². The van der Waals surface area contributed by atoms with Crippen molar-refractivity contribution in [1.29, 1.82) is 0 Å². The first-order valence-electron chi connectivity index (χ1n) is 10.6. The molecule has 8 heteroatoms. The van der Waals surface area contributed by atoms with Gasteiger partial charge in [0.2, 0.25) is 0 Å². The van der Waals surface area contributed by atoms with Crippen LogP contribution in [-0.4, -0.2) is 45.2 Å². The summed E-state index contributed by atoms with van der Waals surface area (Å²) in [5.41, 5.74) is 1.05. The van der Waals surface area contributed by atoms with Crippen molar-refractivity contribution in [3.05, 3.63) is 36.2 Å². The summed E-state index contributed by atoms with van der Waals surface area (Å²) in [4.78, 5) is 11.4. The van der Waals surface area contributed by atoms with Crippen LogP contribution in [-0.2, 0) is 6.54 Å². The monoisotopic (exact) mass is 514 g/mol. The number of guanidine groups is 1. The maximum atomic E-state index is 5.55. The molecule has 0 aliphatic carbocycles. The predicted molar refractivity (Wildman–Crippen MR) is 127 cm³/mol. The van der Waals surface area contributed by atoms with Crippen molar-refractivity contribution in [1.82, 2.24) is 24.9 Å². The number of aliphatic imine (C=N–C) groups is 1. The lowest BCUT2D eigenvalue weighted by Gasteiger charge is -2.39. The van der Waals surface area contributed by atoms with Crippen LogP contribution in [0.1, 0.15) is 70.4 Å². The minimum Gasteiger partial charge on any atom is -0.359 e. The van der Waals surface area contributed by atoms with E-state index in [9.17, 15) is 0 Å². The summed E-state index contributed by atoms with van der Waals surface area (Å²) in [5.74, 6) is 2.85. The molecule has 1 fully saturated rings. The largest absolute Gasteiger partial charge is 0.359 e. The number of rotatable bonds is 7. The van der Waals surface area contributed by atoms with E-state index in [0.717, 1.165) is 56.3 Å². The Morgan fingerprint density at radius 2 is 2.14 bits per heavy atom. The highest BCUT2D eigenvalue weighted by Gasteiger charge is 2.29. The Labute approximate surface area is 191 Å². The molecule has 0 spiro atoms. The van der Waals surface area contributed by atoms with Crippen molar-refractivity contribution in [2.75, 3.05) is 19.6 Å². The minimum atomic E-state index is 0. The van der Waals surface area contributed by atoms with Crippen LogP contribution >= 0.6 is 24.0 Å². The fourth-order valence-electron chi connectivity index (χ4n) is 3.98. The summed E-state index contributed by atoms with van der Waals surface area (Å²) in [6, 6.07) is 2.48. The molecule has 0 aromatic carbocycles. The topological polar surface area (TPSA) is 71.5 Å². The summed E-state index contributed by atoms with van der Waals surface area (Å²) in [7, 11) is 0. The van der Waals surface area contributed by atoms with Crippen LogP contribution in [0.25, 0.3) is 0 Å². The minimum absolute atomic E-state index is 0. The molecule has 2 unspecified atom stereocenters. The number of hydrogen-bond acceptors (Lipinski definition) is 4. The Bertz CT molecular complexity index is 740. The molecule has 0 amide bonds. The maximum absolute atomic E-state index is 5.55. The predicted octanol–water partition coefficient (Wildman–Crippen LogP) is 4.44. The second-order valence-electron chi connectivity index (χ2n) is 7.69. The van der Waals surface area contributed by atoms with E-state index < -0.39 is 0 Å². The van der Waals surface area contributed by atoms with Crippen molar-refractivity contribution >= 4 is 29.9 Å². The van der Waals surface area contributed by atoms with Crippen molar-refractivity contribution in [2.45, 2.75) is 65.5 Å². The number of halogens is 1. The Hall–Kier alpha value is -1.58. The number of nitrogens with zero attached hydrogens (tertiary/aromatic N) is 5. The van der Waals surface area contributed by atoms with Gasteiger partial charge in [0, 0.05) is 44.0 Å². The van der Waals surface area contributed by atoms with Gasteiger partial charge in [0.25, 0.3) is 0 Å². The molecule has 2 aromatic heterocycles. The lowest BCUT2D eigenvalue weighted by atomic mass is 9.93. The zero-order chi connectivity index (χ0) is 19.9. The number of aromatic nitrogens is 3. The lowest BCUT2D eigenvalue weighted by Crippen LogP contribution is -2.49. The summed E-state index contributed by atoms with van der Waals surface area (Å²) < 4.78 is 7.77. The third kappa shape index (κ3) is 5.96. The van der Waals surface area contributed by atoms with E-state index >= 15 is 0 Å². The Morgan fingerprint density at radius 1 is 1.34 bits per heavy atom. The van der Waals surface area contributed by atoms with E-state index in [1.807, 2.05) is 12.5 Å². The fourth-order valence-corrected chi connectivity index (χ4v) is 3.98. The number of likely N-dealkylation sites (tertiary alicyclic amines) is 1. The normalized spacial score (nSPS) is 20.0. The molecule has 1 aliphatic rings. The summed E-state index contributed by atoms with van der Waals surface area (Å²) in [6.45, 7) is 12.1. The first kappa shape index (κ1) is 23.7. The SMILES string of the molecule is CCNC(=NCc1cc(C(CC)CC)no1)N1CCC(C)C(n2ccnc2)C1.I. The van der Waals surface area contributed by atoms with E-state index in [4.69, 9.17) is 9.52 Å². The van der Waals surface area contributed by atoms with Crippen molar-refractivity contribution in [3.63, 3.8) is 0 Å². The standard InChI is InChI=1S/C21H34N6O.HI/c1-5-17(6-2)19-12-18(28-25-19)13-24-21(23-7-3)26-10-8-16(4)20(14-26)27-11-9-22-15-27;/h9,11-12,15-17,20H,5-8,10,13-14H2,1-4H3,(H,23,24);1H. The Kier molecular flexibility index (Phi) is 9.45. The molecule has 0 saturated carbocycles. The van der Waals surface area contributed by atoms with Gasteiger partial charge in [-0.05, 0) is 32.1 Å². The van der Waals surface area contributed by atoms with Crippen molar-refractivity contribution < 1.29 is 4.52 Å². The van der Waals surface area contributed by atoms with Crippen LogP contribution in [0.3, 0.4) is 0 Å². The number of imidazole rings is 1. The highest BCUT2D eigenvalue weighted by molar-refractivity contribution is 14.0. The molecule has 1 N–H and O–H groups in total. The van der Waals surface area contributed by atoms with Crippen molar-refractivity contribution in [2.24, 2.45) is 10.9 Å². The average Bonchev–Trinajstić information content (AvgIpc) is 3.39. The van der Waals surface area contributed by atoms with Gasteiger partial charge in [-0.25, -0.2) is 9.98 Å². The maximum Gasteiger partial charge on any atom is 0.194 e. The molecular weight excluding hydrogens is 479 g/mol. The van der Waals surface area contributed by atoms with E-state index in [2.05, 4.69) is 64.9 Å². The van der Waals surface area contributed by atoms with Crippen LogP contribution in [0.2, 0.25) is 0 Å². The zero-order valence-electron chi connectivity index (χ0n) is 18.0. The smallest absolute Gasteiger partial charge is 0.194 e. The lowest BCUT2D eigenvalue weighted by molar-refractivity contribution is 0.189. The van der Waals surface area contributed by atoms with Crippen LogP contribution in [0.15, 0.2) is 34.3 Å². The van der Waals surface area contributed by atoms with Crippen molar-refractivity contribution in [3.8, 4) is 0 Å². The molecule has 2 atom stereocenters. The van der Waals surface area contributed by atoms with Gasteiger partial charge in [-0.2, -0.15) is 0 Å². The van der Waals surface area contributed by atoms with Gasteiger partial charge in [-0.3, -0.25) is 0 Å². The van der Waals surface area contributed by atoms with Gasteiger partial charge >= 0.3 is 0 Å². The highest BCUT2D eigenvalue weighted by Crippen LogP contribution is 2.27. The van der Waals surface area contributed by atoms with E-state index in [1.165, 1.54) is 0 Å². The number of piperidine rings is 1. The van der Waals surface area contributed by atoms with Gasteiger partial charge in [0.15, 0.2) is 11.7 Å². The molecule has 1 aliphatic heterocycles. The molecule has 29 heavy (non-hydrogen) atoms. The van der Waals surface area contributed by atoms with E-state index in [1.54, 1.807) is 0 Å². The first-order chi connectivity index (χ1) is 13.7. The second-order valence-corrected chi connectivity index (χ2v) is 7.69. The summed E-state index contributed by atoms with van der Waals surface area (Å²) >= 11 is 0. The number of hydrogen-bond donors (Lipinski definition) is 1. The summed E-state index contributed by atoms with van der Waals surface area (Å²) in [5, 5.41) is 7.71. The molecule has 2 aromatic rings. The number of nitrogens with one attached hydrogen (secondary N) is 1. The average molecular weight is 514 g/mol. The third-order valence-corrected chi connectivity index (χ3v) is 5.83. The van der Waals surface area contributed by atoms with Crippen LogP contribution in [0.5, 0.6) is 0 Å². The van der Waals surface area contributed by atoms with Crippen LogP contribution in [0.4, 0.5) is 0 Å². The van der Waals surface area contributed by atoms with Gasteiger partial charge in [0.1, 0.15) is 6.54 Å². The molecule has 3 rings (SSSR count). The molecule has 7 nitrogen and oxygen atoms in total. The van der Waals surface area contributed by atoms with Crippen LogP contribution in [0, 0.1) is 5.92 Å². The molecule has 1 saturated heterocycles. The second kappa shape index (κ2) is 11.6. The zero-order valence-corrected chi connectivity index (χ0v) is 20.4. The van der Waals surface area contributed by atoms with Gasteiger partial charge < -0.3 is 19.3 Å². The third-order valence-electron chi connectivity index (χ3n) is 5.83. The van der Waals surface area contributed by atoms with Crippen LogP contribution < -0.4 is 5.32 Å². The molecule has 0 radical (unpaired) electrons. The highest BCUT2D eigenvalue weighted by atomic mass is 127. The molecule has 0 bridgehead atoms. The molecular formula is C21H35IN6O. The Morgan fingerprint density at radius 3 is 2.79 bits per heavy atom. The fraction of sp³-hybridized carbons (Fsp3) is 0.667. The van der Waals surface area contributed by atoms with E-state index in [0.29, 0.717) is 24.4 Å². The van der Waals surface area contributed by atoms with Gasteiger partial charge in [-0.1, -0.05) is 25.9 Å². The first-order valence-corrected chi connectivity index (χ1v) is 10.6. The molecule has 3 heterocycles. The van der Waals surface area contributed by atoms with Gasteiger partial charge in [0.05, 0.1) is 18.1 Å². The van der Waals surface area contributed by atoms with Gasteiger partial charge in [-0.15, -0.1) is 24.0 Å².